The Bertz CT molecular complexity index is 912. The van der Waals surface area contributed by atoms with Crippen LogP contribution in [-0.2, 0) is 9.53 Å². The molecule has 0 amide bonds. The lowest BCUT2D eigenvalue weighted by atomic mass is 10.1. The monoisotopic (exact) mass is 324 g/mol. The third-order valence-corrected chi connectivity index (χ3v) is 3.42. The molecular weight excluding hydrogens is 308 g/mol. The number of fused-ring (bicyclic) bond motifs is 1. The molecule has 0 atom stereocenters. The van der Waals surface area contributed by atoms with Crippen LogP contribution in [0, 0.1) is 0 Å². The van der Waals surface area contributed by atoms with Crippen LogP contribution in [0.25, 0.3) is 22.3 Å². The van der Waals surface area contributed by atoms with E-state index >= 15 is 0 Å². The highest BCUT2D eigenvalue weighted by atomic mass is 16.6. The van der Waals surface area contributed by atoms with Gasteiger partial charge in [0.2, 0.25) is 0 Å². The van der Waals surface area contributed by atoms with Gasteiger partial charge in [-0.3, -0.25) is 4.79 Å². The third kappa shape index (κ3) is 3.46. The maximum absolute atomic E-state index is 12.4. The van der Waals surface area contributed by atoms with E-state index in [0.717, 1.165) is 5.56 Å². The molecule has 2 aromatic carbocycles. The molecule has 0 aliphatic carbocycles. The Balaban J connectivity index is 1.90. The Morgan fingerprint density at radius 3 is 2.62 bits per heavy atom. The number of hydrogen-bond acceptors (Lipinski definition) is 5. The molecule has 0 unspecified atom stereocenters. The van der Waals surface area contributed by atoms with Gasteiger partial charge in [0.05, 0.1) is 12.0 Å². The lowest BCUT2D eigenvalue weighted by molar-refractivity contribution is -0.145. The number of carbonyl (C=O) groups is 1. The highest BCUT2D eigenvalue weighted by Crippen LogP contribution is 2.24. The lowest BCUT2D eigenvalue weighted by Crippen LogP contribution is -2.14. The van der Waals surface area contributed by atoms with Gasteiger partial charge in [0.25, 0.3) is 0 Å². The average molecular weight is 324 g/mol. The second kappa shape index (κ2) is 7.00. The van der Waals surface area contributed by atoms with Crippen molar-refractivity contribution in [2.45, 2.75) is 6.92 Å². The van der Waals surface area contributed by atoms with Crippen molar-refractivity contribution in [3.05, 3.63) is 64.8 Å². The van der Waals surface area contributed by atoms with E-state index in [-0.39, 0.29) is 12.0 Å². The Labute approximate surface area is 138 Å². The fourth-order valence-electron chi connectivity index (χ4n) is 2.31. The Hall–Kier alpha value is -3.08. The molecule has 0 N–H and O–H groups in total. The molecule has 24 heavy (non-hydrogen) atoms. The number of esters is 1. The summed E-state index contributed by atoms with van der Waals surface area (Å²) in [5.41, 5.74) is 1.13. The van der Waals surface area contributed by atoms with Crippen molar-refractivity contribution in [2.24, 2.45) is 0 Å². The summed E-state index contributed by atoms with van der Waals surface area (Å²) in [5, 5.41) is 0.399. The quantitative estimate of drug-likeness (QED) is 0.673. The Kier molecular flexibility index (Phi) is 4.61. The first kappa shape index (κ1) is 15.8. The molecule has 0 saturated carbocycles. The van der Waals surface area contributed by atoms with E-state index in [1.807, 2.05) is 30.3 Å². The summed E-state index contributed by atoms with van der Waals surface area (Å²) in [4.78, 5) is 23.7. The standard InChI is InChI=1S/C19H16O5/c1-2-22-19(21)12-23-14-8-9-17-15(10-14)16(20)11-18(24-17)13-6-4-3-5-7-13/h3-11H,2,12H2,1H3. The smallest absolute Gasteiger partial charge is 0.344 e. The summed E-state index contributed by atoms with van der Waals surface area (Å²) in [6, 6.07) is 15.7. The summed E-state index contributed by atoms with van der Waals surface area (Å²) in [6.45, 7) is 1.82. The average Bonchev–Trinajstić information content (AvgIpc) is 2.61. The van der Waals surface area contributed by atoms with Crippen LogP contribution < -0.4 is 10.2 Å². The Morgan fingerprint density at radius 2 is 1.88 bits per heavy atom. The number of hydrogen-bond donors (Lipinski definition) is 0. The molecule has 0 spiro atoms. The molecule has 3 rings (SSSR count). The van der Waals surface area contributed by atoms with Crippen molar-refractivity contribution >= 4 is 16.9 Å². The molecule has 1 heterocycles. The van der Waals surface area contributed by atoms with Crippen molar-refractivity contribution in [1.82, 2.24) is 0 Å². The van der Waals surface area contributed by atoms with Crippen LogP contribution in [0.2, 0.25) is 0 Å². The largest absolute Gasteiger partial charge is 0.482 e. The lowest BCUT2D eigenvalue weighted by Gasteiger charge is -2.07. The van der Waals surface area contributed by atoms with E-state index in [4.69, 9.17) is 13.9 Å². The van der Waals surface area contributed by atoms with Crippen molar-refractivity contribution in [2.75, 3.05) is 13.2 Å². The summed E-state index contributed by atoms with van der Waals surface area (Å²) in [5.74, 6) is 0.465. The fourth-order valence-corrected chi connectivity index (χ4v) is 2.31. The zero-order valence-corrected chi connectivity index (χ0v) is 13.2. The van der Waals surface area contributed by atoms with Crippen LogP contribution in [0.5, 0.6) is 5.75 Å². The molecule has 0 aliphatic heterocycles. The number of rotatable bonds is 5. The number of ether oxygens (including phenoxy) is 2. The zero-order chi connectivity index (χ0) is 16.9. The van der Waals surface area contributed by atoms with Crippen LogP contribution in [0.1, 0.15) is 6.92 Å². The minimum absolute atomic E-state index is 0.170. The van der Waals surface area contributed by atoms with Gasteiger partial charge in [-0.15, -0.1) is 0 Å². The van der Waals surface area contributed by atoms with Crippen LogP contribution in [0.4, 0.5) is 0 Å². The first-order valence-electron chi connectivity index (χ1n) is 7.59. The third-order valence-electron chi connectivity index (χ3n) is 3.42. The van der Waals surface area contributed by atoms with Gasteiger partial charge in [-0.25, -0.2) is 4.79 Å². The van der Waals surface area contributed by atoms with Crippen molar-refractivity contribution in [1.29, 1.82) is 0 Å². The van der Waals surface area contributed by atoms with E-state index in [1.165, 1.54) is 6.07 Å². The van der Waals surface area contributed by atoms with Crippen LogP contribution >= 0.6 is 0 Å². The van der Waals surface area contributed by atoms with Crippen molar-refractivity contribution < 1.29 is 18.7 Å². The second-order valence-electron chi connectivity index (χ2n) is 5.09. The predicted molar refractivity (Wildman–Crippen MR) is 90.0 cm³/mol. The molecule has 0 fully saturated rings. The van der Waals surface area contributed by atoms with Gasteiger partial charge >= 0.3 is 5.97 Å². The van der Waals surface area contributed by atoms with Crippen LogP contribution in [0.15, 0.2) is 63.8 Å². The summed E-state index contributed by atoms with van der Waals surface area (Å²) >= 11 is 0. The normalized spacial score (nSPS) is 10.5. The zero-order valence-electron chi connectivity index (χ0n) is 13.2. The van der Waals surface area contributed by atoms with Gasteiger partial charge in [-0.05, 0) is 25.1 Å². The van der Waals surface area contributed by atoms with Gasteiger partial charge in [0.15, 0.2) is 12.0 Å². The van der Waals surface area contributed by atoms with Gasteiger partial charge in [-0.1, -0.05) is 30.3 Å². The van der Waals surface area contributed by atoms with Crippen molar-refractivity contribution in [3.63, 3.8) is 0 Å². The number of benzene rings is 2. The first-order chi connectivity index (χ1) is 11.7. The predicted octanol–water partition coefficient (Wildman–Crippen LogP) is 3.40. The second-order valence-corrected chi connectivity index (χ2v) is 5.09. The Morgan fingerprint density at radius 1 is 1.08 bits per heavy atom. The molecule has 0 aliphatic rings. The van der Waals surface area contributed by atoms with E-state index in [9.17, 15) is 9.59 Å². The van der Waals surface area contributed by atoms with E-state index in [1.54, 1.807) is 25.1 Å². The van der Waals surface area contributed by atoms with E-state index in [2.05, 4.69) is 0 Å². The topological polar surface area (TPSA) is 65.7 Å². The van der Waals surface area contributed by atoms with E-state index < -0.39 is 5.97 Å². The van der Waals surface area contributed by atoms with E-state index in [0.29, 0.717) is 29.1 Å². The first-order valence-corrected chi connectivity index (χ1v) is 7.59. The highest BCUT2D eigenvalue weighted by Gasteiger charge is 2.09. The molecule has 122 valence electrons. The maximum Gasteiger partial charge on any atom is 0.344 e. The molecule has 5 heteroatoms. The SMILES string of the molecule is CCOC(=O)COc1ccc2oc(-c3ccccc3)cc(=O)c2c1. The fraction of sp³-hybridized carbons (Fsp3) is 0.158. The number of carbonyl (C=O) groups excluding carboxylic acids is 1. The summed E-state index contributed by atoms with van der Waals surface area (Å²) in [7, 11) is 0. The summed E-state index contributed by atoms with van der Waals surface area (Å²) in [6.07, 6.45) is 0. The van der Waals surface area contributed by atoms with Crippen LogP contribution in [0.3, 0.4) is 0 Å². The molecule has 0 radical (unpaired) electrons. The molecule has 0 bridgehead atoms. The molecular formula is C19H16O5. The van der Waals surface area contributed by atoms with Gasteiger partial charge in [0.1, 0.15) is 17.1 Å². The minimum Gasteiger partial charge on any atom is -0.482 e. The van der Waals surface area contributed by atoms with Gasteiger partial charge in [0, 0.05) is 11.6 Å². The maximum atomic E-state index is 12.4. The molecule has 3 aromatic rings. The van der Waals surface area contributed by atoms with Gasteiger partial charge in [-0.2, -0.15) is 0 Å². The molecule has 1 aromatic heterocycles. The van der Waals surface area contributed by atoms with Crippen LogP contribution in [-0.4, -0.2) is 19.2 Å². The van der Waals surface area contributed by atoms with Gasteiger partial charge < -0.3 is 13.9 Å². The minimum atomic E-state index is -0.455. The highest BCUT2D eigenvalue weighted by molar-refractivity contribution is 5.80. The molecule has 0 saturated heterocycles. The molecule has 5 nitrogen and oxygen atoms in total. The summed E-state index contributed by atoms with van der Waals surface area (Å²) < 4.78 is 15.9. The van der Waals surface area contributed by atoms with Crippen molar-refractivity contribution in [3.8, 4) is 17.1 Å².